The van der Waals surface area contributed by atoms with Crippen molar-refractivity contribution in [3.8, 4) is 17.6 Å². The van der Waals surface area contributed by atoms with Gasteiger partial charge in [0, 0.05) is 24.3 Å². The number of halogens is 1. The predicted molar refractivity (Wildman–Crippen MR) is 127 cm³/mol. The molecule has 0 heterocycles. The fourth-order valence-electron chi connectivity index (χ4n) is 3.12. The van der Waals surface area contributed by atoms with Gasteiger partial charge in [-0.3, -0.25) is 20.2 Å². The van der Waals surface area contributed by atoms with Crippen molar-refractivity contribution in [2.45, 2.75) is 13.5 Å². The molecule has 0 aliphatic carbocycles. The Bertz CT molecular complexity index is 1320. The number of rotatable bonds is 9. The summed E-state index contributed by atoms with van der Waals surface area (Å²) in [4.78, 5) is 21.0. The Morgan fingerprint density at radius 2 is 1.71 bits per heavy atom. The fraction of sp³-hybridized carbons (Fsp3) is 0.125. The number of hydrogen-bond donors (Lipinski definition) is 0. The van der Waals surface area contributed by atoms with Gasteiger partial charge < -0.3 is 9.47 Å². The molecule has 9 nitrogen and oxygen atoms in total. The van der Waals surface area contributed by atoms with Crippen LogP contribution in [0.15, 0.2) is 60.7 Å². The minimum absolute atomic E-state index is 0.0216. The first-order chi connectivity index (χ1) is 16.3. The molecule has 0 unspecified atom stereocenters. The molecular formula is C24H18ClN3O6. The van der Waals surface area contributed by atoms with Gasteiger partial charge in [0.05, 0.1) is 33.1 Å². The van der Waals surface area contributed by atoms with Crippen LogP contribution < -0.4 is 9.47 Å². The van der Waals surface area contributed by atoms with Gasteiger partial charge in [0.2, 0.25) is 0 Å². The van der Waals surface area contributed by atoms with Crippen molar-refractivity contribution < 1.29 is 19.3 Å². The topological polar surface area (TPSA) is 129 Å². The van der Waals surface area contributed by atoms with E-state index in [1.54, 1.807) is 37.3 Å². The number of benzene rings is 3. The van der Waals surface area contributed by atoms with E-state index in [0.29, 0.717) is 29.0 Å². The highest BCUT2D eigenvalue weighted by Gasteiger charge is 2.15. The average molecular weight is 480 g/mol. The summed E-state index contributed by atoms with van der Waals surface area (Å²) in [6.45, 7) is 2.12. The van der Waals surface area contributed by atoms with Gasteiger partial charge in [-0.25, -0.2) is 0 Å². The summed E-state index contributed by atoms with van der Waals surface area (Å²) in [5, 5.41) is 31.9. The molecule has 0 bridgehead atoms. The second-order valence-corrected chi connectivity index (χ2v) is 7.36. The van der Waals surface area contributed by atoms with Gasteiger partial charge in [0.1, 0.15) is 6.61 Å². The molecule has 3 aromatic rings. The lowest BCUT2D eigenvalue weighted by Crippen LogP contribution is -2.01. The molecule has 0 atom stereocenters. The molecule has 0 aliphatic rings. The first-order valence-electron chi connectivity index (χ1n) is 10.0. The van der Waals surface area contributed by atoms with Crippen LogP contribution in [0.5, 0.6) is 11.5 Å². The van der Waals surface area contributed by atoms with Gasteiger partial charge >= 0.3 is 0 Å². The van der Waals surface area contributed by atoms with Gasteiger partial charge in [-0.1, -0.05) is 35.9 Å². The summed E-state index contributed by atoms with van der Waals surface area (Å²) < 4.78 is 11.5. The summed E-state index contributed by atoms with van der Waals surface area (Å²) >= 11 is 6.44. The Morgan fingerprint density at radius 3 is 2.35 bits per heavy atom. The van der Waals surface area contributed by atoms with Gasteiger partial charge in [-0.2, -0.15) is 5.26 Å². The van der Waals surface area contributed by atoms with Crippen molar-refractivity contribution in [2.75, 3.05) is 6.61 Å². The summed E-state index contributed by atoms with van der Waals surface area (Å²) in [7, 11) is 0. The number of nitro benzene ring substituents is 2. The van der Waals surface area contributed by atoms with Gasteiger partial charge in [-0.05, 0) is 41.8 Å². The zero-order valence-corrected chi connectivity index (χ0v) is 18.7. The van der Waals surface area contributed by atoms with Gasteiger partial charge in [-0.15, -0.1) is 0 Å². The number of nitrogens with zero attached hydrogens (tertiary/aromatic N) is 3. The second kappa shape index (κ2) is 10.9. The van der Waals surface area contributed by atoms with Crippen molar-refractivity contribution >= 4 is 34.6 Å². The van der Waals surface area contributed by atoms with E-state index < -0.39 is 9.85 Å². The Hall–Kier alpha value is -4.42. The minimum Gasteiger partial charge on any atom is -0.490 e. The zero-order chi connectivity index (χ0) is 24.7. The number of nitriles is 1. The summed E-state index contributed by atoms with van der Waals surface area (Å²) in [5.74, 6) is 0.573. The number of nitro groups is 2. The maximum Gasteiger partial charge on any atom is 0.270 e. The van der Waals surface area contributed by atoms with Crippen LogP contribution in [-0.4, -0.2) is 16.5 Å². The van der Waals surface area contributed by atoms with Crippen LogP contribution >= 0.6 is 11.6 Å². The van der Waals surface area contributed by atoms with Crippen LogP contribution in [0.1, 0.15) is 23.6 Å². The number of hydrogen-bond acceptors (Lipinski definition) is 7. The molecule has 0 aliphatic heterocycles. The van der Waals surface area contributed by atoms with Crippen LogP contribution in [0, 0.1) is 31.6 Å². The van der Waals surface area contributed by atoms with Gasteiger partial charge in [0.15, 0.2) is 11.5 Å². The van der Waals surface area contributed by atoms with E-state index >= 15 is 0 Å². The standard InChI is InChI=1S/C24H18ClN3O6/c1-2-33-23-12-17(9-19(14-26)18-6-4-8-21(13-18)28(31)32)11-22(25)24(23)34-15-16-5-3-7-20(10-16)27(29)30/h3-13H,2,15H2,1H3. The molecule has 172 valence electrons. The molecule has 0 radical (unpaired) electrons. The molecule has 0 amide bonds. The van der Waals surface area contributed by atoms with Crippen molar-refractivity contribution in [2.24, 2.45) is 0 Å². The van der Waals surface area contributed by atoms with Crippen LogP contribution in [0.2, 0.25) is 5.02 Å². The molecule has 3 aromatic carbocycles. The third kappa shape index (κ3) is 5.88. The van der Waals surface area contributed by atoms with Crippen molar-refractivity contribution in [3.63, 3.8) is 0 Å². The highest BCUT2D eigenvalue weighted by Crippen LogP contribution is 2.38. The SMILES string of the molecule is CCOc1cc(C=C(C#N)c2cccc([N+](=O)[O-])c2)cc(Cl)c1OCc1cccc([N+](=O)[O-])c1. The highest BCUT2D eigenvalue weighted by molar-refractivity contribution is 6.32. The second-order valence-electron chi connectivity index (χ2n) is 6.96. The van der Waals surface area contributed by atoms with E-state index in [-0.39, 0.29) is 34.3 Å². The quantitative estimate of drug-likeness (QED) is 0.154. The first kappa shape index (κ1) is 24.2. The fourth-order valence-corrected chi connectivity index (χ4v) is 3.40. The number of ether oxygens (including phenoxy) is 2. The Kier molecular flexibility index (Phi) is 7.79. The van der Waals surface area contributed by atoms with E-state index in [9.17, 15) is 25.5 Å². The molecule has 0 spiro atoms. The van der Waals surface area contributed by atoms with Crippen LogP contribution in [0.25, 0.3) is 11.6 Å². The lowest BCUT2D eigenvalue weighted by molar-refractivity contribution is -0.385. The Morgan fingerprint density at radius 1 is 1.03 bits per heavy atom. The lowest BCUT2D eigenvalue weighted by Gasteiger charge is -2.15. The van der Waals surface area contributed by atoms with E-state index in [1.165, 1.54) is 36.4 Å². The molecule has 34 heavy (non-hydrogen) atoms. The lowest BCUT2D eigenvalue weighted by atomic mass is 10.0. The van der Waals surface area contributed by atoms with E-state index in [1.807, 2.05) is 6.07 Å². The van der Waals surface area contributed by atoms with Crippen LogP contribution in [0.4, 0.5) is 11.4 Å². The summed E-state index contributed by atoms with van der Waals surface area (Å²) in [6.07, 6.45) is 1.54. The number of allylic oxidation sites excluding steroid dienone is 1. The Balaban J connectivity index is 1.93. The summed E-state index contributed by atoms with van der Waals surface area (Å²) in [6, 6.07) is 17.1. The monoisotopic (exact) mass is 479 g/mol. The molecule has 0 N–H and O–H groups in total. The maximum absolute atomic E-state index is 11.1. The normalized spacial score (nSPS) is 10.9. The van der Waals surface area contributed by atoms with Crippen molar-refractivity contribution in [1.29, 1.82) is 5.26 Å². The summed E-state index contributed by atoms with van der Waals surface area (Å²) in [5.41, 5.74) is 1.51. The third-order valence-electron chi connectivity index (χ3n) is 4.64. The molecular weight excluding hydrogens is 462 g/mol. The average Bonchev–Trinajstić information content (AvgIpc) is 2.82. The van der Waals surface area contributed by atoms with Gasteiger partial charge in [0.25, 0.3) is 11.4 Å². The maximum atomic E-state index is 11.1. The highest BCUT2D eigenvalue weighted by atomic mass is 35.5. The zero-order valence-electron chi connectivity index (χ0n) is 17.9. The third-order valence-corrected chi connectivity index (χ3v) is 4.92. The van der Waals surface area contributed by atoms with E-state index in [2.05, 4.69) is 0 Å². The van der Waals surface area contributed by atoms with Crippen LogP contribution in [0.3, 0.4) is 0 Å². The minimum atomic E-state index is -0.532. The predicted octanol–water partition coefficient (Wildman–Crippen LogP) is 6.20. The molecule has 10 heteroatoms. The molecule has 0 saturated heterocycles. The van der Waals surface area contributed by atoms with Crippen LogP contribution in [-0.2, 0) is 6.61 Å². The molecule has 3 rings (SSSR count). The largest absolute Gasteiger partial charge is 0.490 e. The van der Waals surface area contributed by atoms with E-state index in [4.69, 9.17) is 21.1 Å². The number of non-ortho nitro benzene ring substituents is 2. The Labute approximate surface area is 199 Å². The smallest absolute Gasteiger partial charge is 0.270 e. The molecule has 0 aromatic heterocycles. The molecule has 0 fully saturated rings. The van der Waals surface area contributed by atoms with Crippen molar-refractivity contribution in [3.05, 3.63) is 103 Å². The first-order valence-corrected chi connectivity index (χ1v) is 10.4. The van der Waals surface area contributed by atoms with Crippen molar-refractivity contribution in [1.82, 2.24) is 0 Å². The molecule has 0 saturated carbocycles. The van der Waals surface area contributed by atoms with E-state index in [0.717, 1.165) is 0 Å².